The average molecular weight is 608 g/mol. The fraction of sp³-hybridized carbons (Fsp3) is 0.344. The van der Waals surface area contributed by atoms with Gasteiger partial charge in [-0.05, 0) is 62.8 Å². The van der Waals surface area contributed by atoms with E-state index < -0.39 is 34.7 Å². The van der Waals surface area contributed by atoms with Crippen LogP contribution in [0.3, 0.4) is 0 Å². The maximum Gasteiger partial charge on any atom is 0.254 e. The van der Waals surface area contributed by atoms with Crippen LogP contribution in [0.2, 0.25) is 0 Å². The van der Waals surface area contributed by atoms with Crippen molar-refractivity contribution in [3.8, 4) is 5.75 Å². The van der Waals surface area contributed by atoms with Crippen LogP contribution in [-0.2, 0) is 22.6 Å². The molecule has 0 aliphatic carbocycles. The number of aromatic hydroxyl groups is 1. The molecule has 222 valence electrons. The van der Waals surface area contributed by atoms with Crippen molar-refractivity contribution in [3.63, 3.8) is 0 Å². The second-order valence-corrected chi connectivity index (χ2v) is 13.2. The summed E-state index contributed by atoms with van der Waals surface area (Å²) in [5.41, 5.74) is 2.44. The summed E-state index contributed by atoms with van der Waals surface area (Å²) in [6, 6.07) is 19.9. The molecule has 1 aliphatic rings. The number of nitrogens with zero attached hydrogens (tertiary/aromatic N) is 1. The first kappa shape index (κ1) is 31.5. The van der Waals surface area contributed by atoms with Gasteiger partial charge in [-0.3, -0.25) is 14.4 Å². The third-order valence-corrected chi connectivity index (χ3v) is 9.73. The summed E-state index contributed by atoms with van der Waals surface area (Å²) in [5, 5.41) is 27.4. The molecule has 8 nitrogen and oxygen atoms in total. The summed E-state index contributed by atoms with van der Waals surface area (Å²) in [6.07, 6.45) is 0.546. The third-order valence-electron chi connectivity index (χ3n) is 7.52. The first-order chi connectivity index (χ1) is 20.0. The Morgan fingerprint density at radius 1 is 1.05 bits per heavy atom. The highest BCUT2D eigenvalue weighted by Crippen LogP contribution is 2.40. The van der Waals surface area contributed by atoms with Crippen molar-refractivity contribution in [1.82, 2.24) is 15.5 Å². The maximum absolute atomic E-state index is 13.9. The molecule has 1 heterocycles. The number of rotatable bonds is 10. The largest absolute Gasteiger partial charge is 0.508 e. The van der Waals surface area contributed by atoms with Gasteiger partial charge in [-0.25, -0.2) is 0 Å². The zero-order valence-corrected chi connectivity index (χ0v) is 25.8. The van der Waals surface area contributed by atoms with E-state index in [0.29, 0.717) is 12.1 Å². The minimum absolute atomic E-state index is 0.0239. The average Bonchev–Trinajstić information content (AvgIpc) is 3.31. The number of amides is 3. The van der Waals surface area contributed by atoms with E-state index in [0.717, 1.165) is 16.0 Å². The number of hydrogen-bond donors (Lipinski definition) is 4. The Morgan fingerprint density at radius 3 is 2.45 bits per heavy atom. The number of carbonyl (C=O) groups is 3. The number of aliphatic hydroxyl groups is 1. The van der Waals surface area contributed by atoms with Gasteiger partial charge in [0.15, 0.2) is 6.10 Å². The van der Waals surface area contributed by atoms with E-state index in [4.69, 9.17) is 0 Å². The van der Waals surface area contributed by atoms with Gasteiger partial charge < -0.3 is 25.7 Å². The molecule has 10 heteroatoms. The fourth-order valence-electron chi connectivity index (χ4n) is 5.11. The molecule has 4 rings (SSSR count). The van der Waals surface area contributed by atoms with Gasteiger partial charge in [-0.1, -0.05) is 54.6 Å². The highest BCUT2D eigenvalue weighted by molar-refractivity contribution is 8.00. The van der Waals surface area contributed by atoms with Gasteiger partial charge >= 0.3 is 0 Å². The number of benzene rings is 3. The molecule has 0 aromatic heterocycles. The third kappa shape index (κ3) is 7.11. The van der Waals surface area contributed by atoms with E-state index in [-0.39, 0.29) is 29.5 Å². The molecule has 0 saturated carbocycles. The zero-order valence-electron chi connectivity index (χ0n) is 24.2. The summed E-state index contributed by atoms with van der Waals surface area (Å²) < 4.78 is -0.602. The van der Waals surface area contributed by atoms with Crippen molar-refractivity contribution in [1.29, 1.82) is 0 Å². The van der Waals surface area contributed by atoms with Gasteiger partial charge in [0, 0.05) is 27.3 Å². The predicted octanol–water partition coefficient (Wildman–Crippen LogP) is 4.12. The fourth-order valence-corrected chi connectivity index (χ4v) is 6.87. The van der Waals surface area contributed by atoms with Crippen LogP contribution in [-0.4, -0.2) is 67.9 Å². The van der Waals surface area contributed by atoms with Crippen LogP contribution in [0.5, 0.6) is 5.75 Å². The SMILES string of the molecule is CSc1ccccc1CNC(=O)C1N(C(=O)C(O)C(Cc2ccccc2)NC(=O)c2cccc(O)c2C)CSC1(C)C. The Labute approximate surface area is 255 Å². The van der Waals surface area contributed by atoms with Crippen molar-refractivity contribution in [3.05, 3.63) is 95.1 Å². The van der Waals surface area contributed by atoms with Gasteiger partial charge in [-0.2, -0.15) is 0 Å². The molecule has 3 aromatic rings. The number of phenols is 1. The number of nitrogens with one attached hydrogen (secondary N) is 2. The first-order valence-electron chi connectivity index (χ1n) is 13.7. The Hall–Kier alpha value is -3.47. The van der Waals surface area contributed by atoms with Crippen LogP contribution < -0.4 is 10.6 Å². The Morgan fingerprint density at radius 2 is 1.74 bits per heavy atom. The van der Waals surface area contributed by atoms with Gasteiger partial charge in [0.05, 0.1) is 11.9 Å². The van der Waals surface area contributed by atoms with E-state index >= 15 is 0 Å². The lowest BCUT2D eigenvalue weighted by molar-refractivity contribution is -0.147. The molecule has 3 aromatic carbocycles. The summed E-state index contributed by atoms with van der Waals surface area (Å²) in [6.45, 7) is 5.76. The molecule has 1 saturated heterocycles. The van der Waals surface area contributed by atoms with Crippen LogP contribution in [0.15, 0.2) is 77.7 Å². The number of aliphatic hydroxyl groups excluding tert-OH is 1. The molecule has 4 N–H and O–H groups in total. The second-order valence-electron chi connectivity index (χ2n) is 10.8. The number of hydrogen-bond acceptors (Lipinski definition) is 7. The van der Waals surface area contributed by atoms with Crippen LogP contribution in [0.25, 0.3) is 0 Å². The van der Waals surface area contributed by atoms with Gasteiger partial charge in [0.25, 0.3) is 11.8 Å². The summed E-state index contributed by atoms with van der Waals surface area (Å²) in [4.78, 5) is 43.2. The molecule has 3 amide bonds. The lowest BCUT2D eigenvalue weighted by Crippen LogP contribution is -2.58. The molecular formula is C32H37N3O5S2. The van der Waals surface area contributed by atoms with Gasteiger partial charge in [-0.15, -0.1) is 23.5 Å². The smallest absolute Gasteiger partial charge is 0.254 e. The highest BCUT2D eigenvalue weighted by atomic mass is 32.2. The lowest BCUT2D eigenvalue weighted by Gasteiger charge is -2.33. The van der Waals surface area contributed by atoms with Crippen LogP contribution >= 0.6 is 23.5 Å². The van der Waals surface area contributed by atoms with E-state index in [2.05, 4.69) is 10.6 Å². The van der Waals surface area contributed by atoms with E-state index in [1.165, 1.54) is 22.7 Å². The molecular weight excluding hydrogens is 571 g/mol. The molecule has 0 radical (unpaired) electrons. The molecule has 3 unspecified atom stereocenters. The molecule has 3 atom stereocenters. The second kappa shape index (κ2) is 13.7. The Balaban J connectivity index is 1.56. The standard InChI is InChI=1S/C32H37N3O5S2/c1-20-23(14-10-15-25(20)36)29(38)34-24(17-21-11-6-5-7-12-21)27(37)31(40)35-19-42-32(2,3)28(35)30(39)33-18-22-13-8-9-16-26(22)41-4/h5-16,24,27-28,36-37H,17-19H2,1-4H3,(H,33,39)(H,34,38). The van der Waals surface area contributed by atoms with Crippen molar-refractivity contribution < 1.29 is 24.6 Å². The summed E-state index contributed by atoms with van der Waals surface area (Å²) >= 11 is 3.06. The quantitative estimate of drug-likeness (QED) is 0.256. The van der Waals surface area contributed by atoms with E-state index in [9.17, 15) is 24.6 Å². The van der Waals surface area contributed by atoms with Crippen molar-refractivity contribution in [2.45, 2.75) is 61.6 Å². The molecule has 1 fully saturated rings. The van der Waals surface area contributed by atoms with E-state index in [1.807, 2.05) is 74.7 Å². The summed E-state index contributed by atoms with van der Waals surface area (Å²) in [5.74, 6) is -1.26. The summed E-state index contributed by atoms with van der Waals surface area (Å²) in [7, 11) is 0. The molecule has 0 spiro atoms. The lowest BCUT2D eigenvalue weighted by atomic mass is 9.96. The Kier molecular flexibility index (Phi) is 10.2. The molecule has 0 bridgehead atoms. The Bertz CT molecular complexity index is 1430. The van der Waals surface area contributed by atoms with Gasteiger partial charge in [0.2, 0.25) is 5.91 Å². The topological polar surface area (TPSA) is 119 Å². The zero-order chi connectivity index (χ0) is 30.4. The van der Waals surface area contributed by atoms with E-state index in [1.54, 1.807) is 30.8 Å². The number of phenolic OH excluding ortho intramolecular Hbond substituents is 1. The maximum atomic E-state index is 13.9. The number of carbonyl (C=O) groups excluding carboxylic acids is 3. The van der Waals surface area contributed by atoms with Crippen molar-refractivity contribution in [2.75, 3.05) is 12.1 Å². The normalized spacial score (nSPS) is 17.4. The van der Waals surface area contributed by atoms with Gasteiger partial charge in [0.1, 0.15) is 11.8 Å². The van der Waals surface area contributed by atoms with Crippen LogP contribution in [0.1, 0.15) is 40.9 Å². The van der Waals surface area contributed by atoms with Crippen molar-refractivity contribution in [2.24, 2.45) is 0 Å². The minimum Gasteiger partial charge on any atom is -0.508 e. The van der Waals surface area contributed by atoms with Crippen molar-refractivity contribution >= 4 is 41.2 Å². The first-order valence-corrected chi connectivity index (χ1v) is 15.9. The monoisotopic (exact) mass is 607 g/mol. The number of thioether (sulfide) groups is 2. The molecule has 42 heavy (non-hydrogen) atoms. The van der Waals surface area contributed by atoms with Crippen LogP contribution in [0.4, 0.5) is 0 Å². The minimum atomic E-state index is -1.62. The predicted molar refractivity (Wildman–Crippen MR) is 167 cm³/mol. The molecule has 1 aliphatic heterocycles. The van der Waals surface area contributed by atoms with Crippen LogP contribution in [0, 0.1) is 6.92 Å². The highest BCUT2D eigenvalue weighted by Gasteiger charge is 2.49.